The van der Waals surface area contributed by atoms with Crippen molar-refractivity contribution in [1.82, 2.24) is 15.5 Å². The van der Waals surface area contributed by atoms with Crippen LogP contribution in [0.15, 0.2) is 0 Å². The van der Waals surface area contributed by atoms with Gasteiger partial charge in [0.25, 0.3) is 0 Å². The van der Waals surface area contributed by atoms with E-state index in [1.54, 1.807) is 20.8 Å². The maximum Gasteiger partial charge on any atom is 0.408 e. The maximum absolute atomic E-state index is 13.5. The molecule has 0 radical (unpaired) electrons. The Kier molecular flexibility index (Phi) is 5.72. The zero-order valence-electron chi connectivity index (χ0n) is 13.8. The molecule has 0 bridgehead atoms. The van der Waals surface area contributed by atoms with Crippen molar-refractivity contribution in [3.8, 4) is 0 Å². The minimum absolute atomic E-state index is 0.281. The second kappa shape index (κ2) is 6.62. The number of ether oxygens (including phenoxy) is 1. The van der Waals surface area contributed by atoms with E-state index in [0.717, 1.165) is 0 Å². The van der Waals surface area contributed by atoms with Gasteiger partial charge in [0.1, 0.15) is 11.6 Å². The molecule has 1 atom stereocenters. The Hall–Kier alpha value is -1.02. The first-order valence-corrected chi connectivity index (χ1v) is 7.35. The van der Waals surface area contributed by atoms with Crippen molar-refractivity contribution < 1.29 is 22.7 Å². The molecule has 22 heavy (non-hydrogen) atoms. The van der Waals surface area contributed by atoms with Gasteiger partial charge in [-0.25, -0.2) is 4.79 Å². The van der Waals surface area contributed by atoms with E-state index in [9.17, 15) is 18.0 Å². The van der Waals surface area contributed by atoms with Gasteiger partial charge in [-0.05, 0) is 34.6 Å². The van der Waals surface area contributed by atoms with E-state index in [0.29, 0.717) is 13.1 Å². The summed E-state index contributed by atoms with van der Waals surface area (Å²) < 4.78 is 45.7. The highest BCUT2D eigenvalue weighted by Crippen LogP contribution is 2.33. The first-order chi connectivity index (χ1) is 9.83. The molecule has 130 valence electrons. The predicted molar refractivity (Wildman–Crippen MR) is 77.7 cm³/mol. The van der Waals surface area contributed by atoms with Crippen LogP contribution >= 0.6 is 0 Å². The number of carbonyl (C=O) groups is 1. The average molecular weight is 325 g/mol. The quantitative estimate of drug-likeness (QED) is 0.835. The number of carbonyl (C=O) groups excluding carboxylic acids is 1. The Labute approximate surface area is 129 Å². The van der Waals surface area contributed by atoms with Gasteiger partial charge in [0.15, 0.2) is 0 Å². The minimum atomic E-state index is -4.45. The lowest BCUT2D eigenvalue weighted by Gasteiger charge is -2.44. The number of alkyl halides is 3. The van der Waals surface area contributed by atoms with Crippen LogP contribution in [-0.4, -0.2) is 60.5 Å². The molecule has 1 heterocycles. The lowest BCUT2D eigenvalue weighted by atomic mass is 9.92. The van der Waals surface area contributed by atoms with E-state index in [1.165, 1.54) is 18.7 Å². The normalized spacial score (nSPS) is 19.6. The molecule has 2 N–H and O–H groups in total. The van der Waals surface area contributed by atoms with E-state index in [4.69, 9.17) is 4.74 Å². The lowest BCUT2D eigenvalue weighted by Crippen LogP contribution is -2.67. The second-order valence-electron chi connectivity index (χ2n) is 7.08. The van der Waals surface area contributed by atoms with Gasteiger partial charge in [-0.15, -0.1) is 0 Å². The molecule has 0 aromatic heterocycles. The standard InChI is InChI=1S/C14H26F3N3O2/c1-12(2,3)22-11(21)19-13(4,5)10(14(15,16)17)20-8-6-18-7-9-20/h10,18H,6-9H2,1-5H3,(H,19,21). The molecule has 1 aliphatic heterocycles. The third kappa shape index (κ3) is 5.64. The highest BCUT2D eigenvalue weighted by Gasteiger charge is 2.53. The van der Waals surface area contributed by atoms with Crippen LogP contribution < -0.4 is 10.6 Å². The summed E-state index contributed by atoms with van der Waals surface area (Å²) in [5.74, 6) is 0. The first kappa shape index (κ1) is 19.0. The Bertz CT molecular complexity index is 386. The van der Waals surface area contributed by atoms with E-state index >= 15 is 0 Å². The van der Waals surface area contributed by atoms with E-state index in [-0.39, 0.29) is 13.1 Å². The van der Waals surface area contributed by atoms with Crippen LogP contribution in [0.5, 0.6) is 0 Å². The largest absolute Gasteiger partial charge is 0.444 e. The zero-order valence-corrected chi connectivity index (χ0v) is 13.8. The number of hydrogen-bond donors (Lipinski definition) is 2. The fourth-order valence-electron chi connectivity index (χ4n) is 2.65. The summed E-state index contributed by atoms with van der Waals surface area (Å²) in [7, 11) is 0. The van der Waals surface area contributed by atoms with Gasteiger partial charge in [0.2, 0.25) is 0 Å². The van der Waals surface area contributed by atoms with Crippen molar-refractivity contribution >= 4 is 6.09 Å². The topological polar surface area (TPSA) is 53.6 Å². The van der Waals surface area contributed by atoms with Crippen molar-refractivity contribution in [2.45, 2.75) is 58.0 Å². The third-order valence-corrected chi connectivity index (χ3v) is 3.33. The van der Waals surface area contributed by atoms with Gasteiger partial charge < -0.3 is 15.4 Å². The van der Waals surface area contributed by atoms with Gasteiger partial charge in [-0.3, -0.25) is 4.90 Å². The third-order valence-electron chi connectivity index (χ3n) is 3.33. The van der Waals surface area contributed by atoms with Crippen LogP contribution in [0.25, 0.3) is 0 Å². The minimum Gasteiger partial charge on any atom is -0.444 e. The number of rotatable bonds is 3. The molecule has 0 spiro atoms. The number of amides is 1. The maximum atomic E-state index is 13.5. The van der Waals surface area contributed by atoms with Crippen LogP contribution in [-0.2, 0) is 4.74 Å². The molecular weight excluding hydrogens is 299 g/mol. The molecule has 1 unspecified atom stereocenters. The van der Waals surface area contributed by atoms with Gasteiger partial charge in [0.05, 0.1) is 5.54 Å². The van der Waals surface area contributed by atoms with E-state index in [1.807, 2.05) is 0 Å². The van der Waals surface area contributed by atoms with Crippen LogP contribution in [0, 0.1) is 0 Å². The molecule has 1 rings (SSSR count). The number of halogens is 3. The van der Waals surface area contributed by atoms with Gasteiger partial charge >= 0.3 is 12.3 Å². The number of nitrogens with one attached hydrogen (secondary N) is 2. The first-order valence-electron chi connectivity index (χ1n) is 7.35. The Balaban J connectivity index is 2.89. The lowest BCUT2D eigenvalue weighted by molar-refractivity contribution is -0.202. The fraction of sp³-hybridized carbons (Fsp3) is 0.929. The molecule has 0 saturated carbocycles. The molecule has 0 aromatic carbocycles. The van der Waals surface area contributed by atoms with E-state index < -0.39 is 29.5 Å². The molecule has 0 aliphatic carbocycles. The van der Waals surface area contributed by atoms with Gasteiger partial charge in [0, 0.05) is 26.2 Å². The van der Waals surface area contributed by atoms with Crippen LogP contribution in [0.3, 0.4) is 0 Å². The molecule has 0 aromatic rings. The predicted octanol–water partition coefficient (Wildman–Crippen LogP) is 2.13. The monoisotopic (exact) mass is 325 g/mol. The molecule has 1 saturated heterocycles. The number of alkyl carbamates (subject to hydrolysis) is 1. The summed E-state index contributed by atoms with van der Waals surface area (Å²) in [5, 5.41) is 5.40. The molecule has 5 nitrogen and oxygen atoms in total. The molecule has 8 heteroatoms. The SMILES string of the molecule is CC(C)(C)OC(=O)NC(C)(C)C(N1CCNCC1)C(F)(F)F. The Morgan fingerprint density at radius 1 is 1.14 bits per heavy atom. The summed E-state index contributed by atoms with van der Waals surface area (Å²) in [6.45, 7) is 9.29. The highest BCUT2D eigenvalue weighted by atomic mass is 19.4. The molecule has 1 amide bonds. The van der Waals surface area contributed by atoms with Crippen molar-refractivity contribution in [2.75, 3.05) is 26.2 Å². The molecule has 1 aliphatic rings. The summed E-state index contributed by atoms with van der Waals surface area (Å²) in [5.41, 5.74) is -2.26. The van der Waals surface area contributed by atoms with Crippen LogP contribution in [0.1, 0.15) is 34.6 Å². The average Bonchev–Trinajstić information content (AvgIpc) is 2.23. The van der Waals surface area contributed by atoms with E-state index in [2.05, 4.69) is 10.6 Å². The molecule has 1 fully saturated rings. The summed E-state index contributed by atoms with van der Waals surface area (Å²) >= 11 is 0. The fourth-order valence-corrected chi connectivity index (χ4v) is 2.65. The van der Waals surface area contributed by atoms with Crippen LogP contribution in [0.2, 0.25) is 0 Å². The summed E-state index contributed by atoms with van der Waals surface area (Å²) in [4.78, 5) is 13.2. The van der Waals surface area contributed by atoms with Gasteiger partial charge in [-0.1, -0.05) is 0 Å². The number of nitrogens with zero attached hydrogens (tertiary/aromatic N) is 1. The summed E-state index contributed by atoms with van der Waals surface area (Å²) in [6, 6.07) is -1.77. The van der Waals surface area contributed by atoms with Crippen molar-refractivity contribution in [3.05, 3.63) is 0 Å². The van der Waals surface area contributed by atoms with Gasteiger partial charge in [-0.2, -0.15) is 13.2 Å². The zero-order chi connectivity index (χ0) is 17.2. The smallest absolute Gasteiger partial charge is 0.408 e. The van der Waals surface area contributed by atoms with Crippen molar-refractivity contribution in [2.24, 2.45) is 0 Å². The Morgan fingerprint density at radius 3 is 2.05 bits per heavy atom. The number of piperazine rings is 1. The Morgan fingerprint density at radius 2 is 1.64 bits per heavy atom. The summed E-state index contributed by atoms with van der Waals surface area (Å²) in [6.07, 6.45) is -5.29. The second-order valence-corrected chi connectivity index (χ2v) is 7.08. The molecular formula is C14H26F3N3O2. The van der Waals surface area contributed by atoms with Crippen LogP contribution in [0.4, 0.5) is 18.0 Å². The van der Waals surface area contributed by atoms with Crippen molar-refractivity contribution in [3.63, 3.8) is 0 Å². The van der Waals surface area contributed by atoms with Crippen molar-refractivity contribution in [1.29, 1.82) is 0 Å². The highest BCUT2D eigenvalue weighted by molar-refractivity contribution is 5.68. The number of hydrogen-bond acceptors (Lipinski definition) is 4.